The molecule has 0 aliphatic carbocycles. The van der Waals surface area contributed by atoms with Crippen LogP contribution < -0.4 is 16.1 Å². The molecule has 0 aliphatic heterocycles. The molecular formula is C17H13NO5. The number of carbonyl (C=O) groups excluding carboxylic acids is 1. The highest BCUT2D eigenvalue weighted by Crippen LogP contribution is 2.13. The van der Waals surface area contributed by atoms with Crippen molar-refractivity contribution in [3.05, 3.63) is 75.1 Å². The molecule has 0 spiro atoms. The molecule has 0 saturated carbocycles. The first-order valence-corrected chi connectivity index (χ1v) is 6.90. The lowest BCUT2D eigenvalue weighted by Crippen LogP contribution is -2.28. The largest absolute Gasteiger partial charge is 0.497 e. The topological polar surface area (TPSA) is 78.5 Å². The van der Waals surface area contributed by atoms with Crippen LogP contribution in [0.15, 0.2) is 62.5 Å². The molecule has 0 aliphatic rings. The number of rotatable bonds is 4. The molecule has 3 rings (SSSR count). The van der Waals surface area contributed by atoms with Crippen molar-refractivity contribution >= 4 is 16.7 Å². The highest BCUT2D eigenvalue weighted by Gasteiger charge is 2.13. The SMILES string of the molecule is COc1ccc(C(=O)Cn2c(=O)oc(=O)c3ccccc32)cc1. The minimum Gasteiger partial charge on any atom is -0.497 e. The molecule has 0 amide bonds. The summed E-state index contributed by atoms with van der Waals surface area (Å²) in [6.07, 6.45) is 0. The van der Waals surface area contributed by atoms with Crippen LogP contribution in [0.3, 0.4) is 0 Å². The number of hydrogen-bond donors (Lipinski definition) is 0. The summed E-state index contributed by atoms with van der Waals surface area (Å²) in [6, 6.07) is 13.1. The fourth-order valence-corrected chi connectivity index (χ4v) is 2.33. The Balaban J connectivity index is 2.02. The van der Waals surface area contributed by atoms with E-state index in [1.807, 2.05) is 0 Å². The molecule has 2 aromatic carbocycles. The second kappa shape index (κ2) is 5.92. The average Bonchev–Trinajstić information content (AvgIpc) is 2.58. The molecule has 3 aromatic rings. The van der Waals surface area contributed by atoms with Gasteiger partial charge in [0.15, 0.2) is 5.78 Å². The van der Waals surface area contributed by atoms with Gasteiger partial charge in [0.2, 0.25) is 0 Å². The van der Waals surface area contributed by atoms with Crippen LogP contribution in [0.1, 0.15) is 10.4 Å². The molecule has 116 valence electrons. The molecule has 0 fully saturated rings. The van der Waals surface area contributed by atoms with Crippen molar-refractivity contribution in [3.63, 3.8) is 0 Å². The van der Waals surface area contributed by atoms with E-state index in [9.17, 15) is 14.4 Å². The van der Waals surface area contributed by atoms with Crippen molar-refractivity contribution in [3.8, 4) is 5.75 Å². The van der Waals surface area contributed by atoms with Gasteiger partial charge in [-0.25, -0.2) is 9.59 Å². The Bertz CT molecular complexity index is 982. The summed E-state index contributed by atoms with van der Waals surface area (Å²) in [4.78, 5) is 36.0. The number of benzene rings is 2. The molecule has 0 bridgehead atoms. The Labute approximate surface area is 130 Å². The van der Waals surface area contributed by atoms with E-state index in [1.165, 1.54) is 7.11 Å². The van der Waals surface area contributed by atoms with E-state index in [-0.39, 0.29) is 17.7 Å². The van der Waals surface area contributed by atoms with Crippen molar-refractivity contribution in [1.29, 1.82) is 0 Å². The van der Waals surface area contributed by atoms with Crippen molar-refractivity contribution in [1.82, 2.24) is 4.57 Å². The van der Waals surface area contributed by atoms with E-state index in [4.69, 9.17) is 4.74 Å². The van der Waals surface area contributed by atoms with Crippen LogP contribution in [0.25, 0.3) is 10.9 Å². The van der Waals surface area contributed by atoms with E-state index < -0.39 is 11.4 Å². The van der Waals surface area contributed by atoms with Gasteiger partial charge < -0.3 is 9.15 Å². The van der Waals surface area contributed by atoms with Gasteiger partial charge in [0.05, 0.1) is 24.6 Å². The average molecular weight is 311 g/mol. The number of ether oxygens (including phenoxy) is 1. The van der Waals surface area contributed by atoms with Gasteiger partial charge in [0.1, 0.15) is 5.75 Å². The number of ketones is 1. The standard InChI is InChI=1S/C17H13NO5/c1-22-12-8-6-11(7-9-12)15(19)10-18-14-5-3-2-4-13(14)16(20)23-17(18)21/h2-9H,10H2,1H3. The number of carbonyl (C=O) groups is 1. The fourth-order valence-electron chi connectivity index (χ4n) is 2.33. The quantitative estimate of drug-likeness (QED) is 0.687. The number of hydrogen-bond acceptors (Lipinski definition) is 5. The molecule has 6 heteroatoms. The van der Waals surface area contributed by atoms with Gasteiger partial charge in [-0.05, 0) is 36.4 Å². The number of Topliss-reactive ketones (excluding diaryl/α,β-unsaturated/α-hetero) is 1. The minimum absolute atomic E-state index is 0.213. The molecule has 0 atom stereocenters. The molecule has 0 N–H and O–H groups in total. The summed E-state index contributed by atoms with van der Waals surface area (Å²) in [7, 11) is 1.54. The van der Waals surface area contributed by atoms with E-state index in [1.54, 1.807) is 48.5 Å². The van der Waals surface area contributed by atoms with Crippen LogP contribution in [-0.2, 0) is 6.54 Å². The molecule has 23 heavy (non-hydrogen) atoms. The monoisotopic (exact) mass is 311 g/mol. The maximum Gasteiger partial charge on any atom is 0.422 e. The lowest BCUT2D eigenvalue weighted by atomic mass is 10.1. The van der Waals surface area contributed by atoms with E-state index in [0.717, 1.165) is 4.57 Å². The smallest absolute Gasteiger partial charge is 0.422 e. The summed E-state index contributed by atoms with van der Waals surface area (Å²) in [5.74, 6) is -0.487. The van der Waals surface area contributed by atoms with Crippen LogP contribution in [0.2, 0.25) is 0 Å². The first-order chi connectivity index (χ1) is 11.1. The van der Waals surface area contributed by atoms with Crippen molar-refractivity contribution < 1.29 is 13.9 Å². The fraction of sp³-hybridized carbons (Fsp3) is 0.118. The molecule has 0 unspecified atom stereocenters. The predicted octanol–water partition coefficient (Wildman–Crippen LogP) is 1.85. The summed E-state index contributed by atoms with van der Waals surface area (Å²) >= 11 is 0. The summed E-state index contributed by atoms with van der Waals surface area (Å²) in [5.41, 5.74) is 0.0994. The minimum atomic E-state index is -0.851. The molecule has 0 radical (unpaired) electrons. The summed E-state index contributed by atoms with van der Waals surface area (Å²) in [6.45, 7) is -0.213. The Morgan fingerprint density at radius 3 is 2.48 bits per heavy atom. The molecule has 0 saturated heterocycles. The number of fused-ring (bicyclic) bond motifs is 1. The number of para-hydroxylation sites is 1. The molecule has 1 heterocycles. The van der Waals surface area contributed by atoms with E-state index in [0.29, 0.717) is 16.8 Å². The van der Waals surface area contributed by atoms with Gasteiger partial charge in [0, 0.05) is 5.56 Å². The van der Waals surface area contributed by atoms with Crippen molar-refractivity contribution in [2.24, 2.45) is 0 Å². The van der Waals surface area contributed by atoms with Gasteiger partial charge in [0.25, 0.3) is 0 Å². The lowest BCUT2D eigenvalue weighted by molar-refractivity contribution is 0.0968. The third-order valence-electron chi connectivity index (χ3n) is 3.53. The first kappa shape index (κ1) is 14.8. The van der Waals surface area contributed by atoms with Crippen LogP contribution >= 0.6 is 0 Å². The normalized spacial score (nSPS) is 10.7. The van der Waals surface area contributed by atoms with E-state index >= 15 is 0 Å². The number of methoxy groups -OCH3 is 1. The summed E-state index contributed by atoms with van der Waals surface area (Å²) in [5, 5.41) is 0.259. The maximum atomic E-state index is 12.4. The first-order valence-electron chi connectivity index (χ1n) is 6.90. The maximum absolute atomic E-state index is 12.4. The van der Waals surface area contributed by atoms with Gasteiger partial charge in [-0.1, -0.05) is 12.1 Å². The number of nitrogens with zero attached hydrogens (tertiary/aromatic N) is 1. The van der Waals surface area contributed by atoms with Gasteiger partial charge >= 0.3 is 11.4 Å². The van der Waals surface area contributed by atoms with Crippen LogP contribution in [0.5, 0.6) is 5.75 Å². The third kappa shape index (κ3) is 2.78. The Kier molecular flexibility index (Phi) is 3.80. The van der Waals surface area contributed by atoms with Gasteiger partial charge in [-0.2, -0.15) is 0 Å². The number of aromatic nitrogens is 1. The van der Waals surface area contributed by atoms with Crippen LogP contribution in [0, 0.1) is 0 Å². The second-order valence-corrected chi connectivity index (χ2v) is 4.91. The molecular weight excluding hydrogens is 298 g/mol. The highest BCUT2D eigenvalue weighted by atomic mass is 16.5. The van der Waals surface area contributed by atoms with E-state index in [2.05, 4.69) is 4.42 Å². The zero-order valence-electron chi connectivity index (χ0n) is 12.3. The zero-order valence-corrected chi connectivity index (χ0v) is 12.3. The molecule has 1 aromatic heterocycles. The van der Waals surface area contributed by atoms with Crippen molar-refractivity contribution in [2.45, 2.75) is 6.54 Å². The van der Waals surface area contributed by atoms with Gasteiger partial charge in [-0.3, -0.25) is 9.36 Å². The Hall–Kier alpha value is -3.15. The van der Waals surface area contributed by atoms with Gasteiger partial charge in [-0.15, -0.1) is 0 Å². The van der Waals surface area contributed by atoms with Crippen LogP contribution in [-0.4, -0.2) is 17.5 Å². The lowest BCUT2D eigenvalue weighted by Gasteiger charge is -2.08. The van der Waals surface area contributed by atoms with Crippen molar-refractivity contribution in [2.75, 3.05) is 7.11 Å². The molecule has 6 nitrogen and oxygen atoms in total. The second-order valence-electron chi connectivity index (χ2n) is 4.91. The third-order valence-corrected chi connectivity index (χ3v) is 3.53. The highest BCUT2D eigenvalue weighted by molar-refractivity contribution is 5.96. The zero-order chi connectivity index (χ0) is 16.4. The Morgan fingerprint density at radius 2 is 1.78 bits per heavy atom. The summed E-state index contributed by atoms with van der Waals surface area (Å²) < 4.78 is 10.9. The Morgan fingerprint density at radius 1 is 1.09 bits per heavy atom. The predicted molar refractivity (Wildman–Crippen MR) is 84.1 cm³/mol. The van der Waals surface area contributed by atoms with Crippen LogP contribution in [0.4, 0.5) is 0 Å².